The minimum atomic E-state index is -4.65. The van der Waals surface area contributed by atoms with Gasteiger partial charge < -0.3 is 18.9 Å². The average molecular weight is 611 g/mol. The topological polar surface area (TPSA) is 96.5 Å². The fourth-order valence-electron chi connectivity index (χ4n) is 6.73. The monoisotopic (exact) mass is 610 g/mol. The molecule has 9 nitrogen and oxygen atoms in total. The molecule has 3 aromatic rings. The van der Waals surface area contributed by atoms with E-state index < -0.39 is 11.7 Å². The second-order valence-electron chi connectivity index (χ2n) is 12.1. The number of hydrogen-bond donors (Lipinski definition) is 0. The third kappa shape index (κ3) is 6.40. The van der Waals surface area contributed by atoms with E-state index >= 15 is 0 Å². The van der Waals surface area contributed by atoms with Crippen molar-refractivity contribution in [3.05, 3.63) is 41.9 Å². The number of alkyl halides is 3. The van der Waals surface area contributed by atoms with Crippen LogP contribution in [-0.2, 0) is 22.3 Å². The molecular weight excluding hydrogens is 573 g/mol. The van der Waals surface area contributed by atoms with Crippen molar-refractivity contribution < 1.29 is 27.4 Å². The van der Waals surface area contributed by atoms with E-state index in [1.165, 1.54) is 6.07 Å². The summed E-state index contributed by atoms with van der Waals surface area (Å²) in [4.78, 5) is 25.6. The number of benzene rings is 1. The van der Waals surface area contributed by atoms with Gasteiger partial charge in [-0.25, -0.2) is 9.97 Å². The number of nitrogens with zero attached hydrogens (tertiary/aromatic N) is 6. The molecule has 0 bridgehead atoms. The lowest BCUT2D eigenvalue weighted by Gasteiger charge is -2.34. The Balaban J connectivity index is 1.14. The Morgan fingerprint density at radius 3 is 2.61 bits per heavy atom. The number of nitriles is 1. The molecule has 44 heavy (non-hydrogen) atoms. The lowest BCUT2D eigenvalue weighted by atomic mass is 9.93. The molecule has 2 aromatic heterocycles. The van der Waals surface area contributed by atoms with Gasteiger partial charge in [0.1, 0.15) is 17.5 Å². The minimum Gasteiger partial charge on any atom is -0.493 e. The second-order valence-corrected chi connectivity index (χ2v) is 12.1. The summed E-state index contributed by atoms with van der Waals surface area (Å²) in [5.41, 5.74) is 0.0901. The highest BCUT2D eigenvalue weighted by Crippen LogP contribution is 2.40. The molecule has 1 amide bonds. The fraction of sp³-hybridized carbons (Fsp3) is 0.562. The van der Waals surface area contributed by atoms with Crippen LogP contribution in [0.4, 0.5) is 13.2 Å². The molecule has 5 heterocycles. The predicted octanol–water partition coefficient (Wildman–Crippen LogP) is 5.27. The van der Waals surface area contributed by atoms with Crippen molar-refractivity contribution in [1.82, 2.24) is 24.3 Å². The fourth-order valence-corrected chi connectivity index (χ4v) is 6.73. The summed E-state index contributed by atoms with van der Waals surface area (Å²) in [6, 6.07) is 7.60. The van der Waals surface area contributed by atoms with Crippen molar-refractivity contribution in [3.63, 3.8) is 0 Å². The van der Waals surface area contributed by atoms with Crippen LogP contribution in [0.5, 0.6) is 5.75 Å². The van der Waals surface area contributed by atoms with Gasteiger partial charge in [-0.2, -0.15) is 18.4 Å². The van der Waals surface area contributed by atoms with Gasteiger partial charge in [-0.15, -0.1) is 0 Å². The molecule has 3 aliphatic heterocycles. The molecule has 0 radical (unpaired) electrons. The minimum absolute atomic E-state index is 0.0248. The molecule has 0 N–H and O–H groups in total. The quantitative estimate of drug-likeness (QED) is 0.343. The molecule has 0 saturated carbocycles. The van der Waals surface area contributed by atoms with Gasteiger partial charge in [-0.1, -0.05) is 0 Å². The first-order chi connectivity index (χ1) is 21.2. The first-order valence-corrected chi connectivity index (χ1v) is 15.4. The molecule has 1 unspecified atom stereocenters. The van der Waals surface area contributed by atoms with Gasteiger partial charge in [0.05, 0.1) is 36.6 Å². The smallest absolute Gasteiger partial charge is 0.419 e. The van der Waals surface area contributed by atoms with E-state index in [2.05, 4.69) is 14.9 Å². The number of piperidine rings is 1. The molecule has 3 aliphatic rings. The van der Waals surface area contributed by atoms with Crippen LogP contribution in [0.3, 0.4) is 0 Å². The molecule has 3 saturated heterocycles. The van der Waals surface area contributed by atoms with Crippen LogP contribution in [0.2, 0.25) is 0 Å². The van der Waals surface area contributed by atoms with Crippen molar-refractivity contribution in [2.75, 3.05) is 39.9 Å². The van der Waals surface area contributed by atoms with Crippen LogP contribution in [0.15, 0.2) is 30.5 Å². The number of amides is 1. The molecule has 0 spiro atoms. The van der Waals surface area contributed by atoms with E-state index in [-0.39, 0.29) is 53.4 Å². The number of likely N-dealkylation sites (tertiary alicyclic amines) is 2. The first kappa shape index (κ1) is 30.3. The number of fused-ring (bicyclic) bond motifs is 1. The highest BCUT2D eigenvalue weighted by molar-refractivity contribution is 5.91. The summed E-state index contributed by atoms with van der Waals surface area (Å²) in [5, 5.41) is 10.1. The number of halogens is 3. The normalized spacial score (nSPS) is 21.7. The number of likely N-dealkylation sites (N-methyl/N-ethyl adjacent to an activating group) is 1. The Kier molecular flexibility index (Phi) is 8.78. The Morgan fingerprint density at radius 2 is 1.93 bits per heavy atom. The van der Waals surface area contributed by atoms with Crippen molar-refractivity contribution in [2.45, 2.75) is 69.8 Å². The number of rotatable bonds is 8. The van der Waals surface area contributed by atoms with Gasteiger partial charge in [0, 0.05) is 36.8 Å². The van der Waals surface area contributed by atoms with Crippen molar-refractivity contribution in [1.29, 1.82) is 5.26 Å². The maximum absolute atomic E-state index is 14.3. The summed E-state index contributed by atoms with van der Waals surface area (Å²) in [5.74, 6) is 0.125. The molecule has 1 aromatic carbocycles. The first-order valence-electron chi connectivity index (χ1n) is 15.4. The molecule has 6 rings (SSSR count). The molecule has 2 atom stereocenters. The number of ether oxygens (including phenoxy) is 2. The van der Waals surface area contributed by atoms with E-state index in [0.717, 1.165) is 51.1 Å². The maximum atomic E-state index is 14.3. The van der Waals surface area contributed by atoms with Crippen LogP contribution in [0, 0.1) is 17.2 Å². The van der Waals surface area contributed by atoms with Gasteiger partial charge in [0.2, 0.25) is 11.7 Å². The summed E-state index contributed by atoms with van der Waals surface area (Å²) >= 11 is 0. The van der Waals surface area contributed by atoms with Crippen molar-refractivity contribution in [2.24, 2.45) is 5.92 Å². The Morgan fingerprint density at radius 1 is 1.11 bits per heavy atom. The van der Waals surface area contributed by atoms with Crippen LogP contribution in [-0.4, -0.2) is 82.3 Å². The van der Waals surface area contributed by atoms with E-state index in [9.17, 15) is 23.2 Å². The third-order valence-corrected chi connectivity index (χ3v) is 9.22. The average Bonchev–Trinajstić information content (AvgIpc) is 3.79. The lowest BCUT2D eigenvalue weighted by molar-refractivity contribution is -0.139. The number of hydrogen-bond acceptors (Lipinski definition) is 7. The molecule has 234 valence electrons. The zero-order valence-electron chi connectivity index (χ0n) is 24.9. The maximum Gasteiger partial charge on any atom is 0.419 e. The van der Waals surface area contributed by atoms with Crippen LogP contribution in [0.25, 0.3) is 22.3 Å². The highest BCUT2D eigenvalue weighted by Gasteiger charge is 2.36. The van der Waals surface area contributed by atoms with Crippen molar-refractivity contribution >= 4 is 16.9 Å². The van der Waals surface area contributed by atoms with Crippen LogP contribution >= 0.6 is 0 Å². The summed E-state index contributed by atoms with van der Waals surface area (Å²) in [6.07, 6.45) is 3.24. The Labute approximate surface area is 254 Å². The van der Waals surface area contributed by atoms with Gasteiger partial charge in [0.15, 0.2) is 0 Å². The van der Waals surface area contributed by atoms with Crippen LogP contribution in [0.1, 0.15) is 56.3 Å². The van der Waals surface area contributed by atoms with Gasteiger partial charge in [-0.3, -0.25) is 9.69 Å². The van der Waals surface area contributed by atoms with E-state index in [1.54, 1.807) is 18.3 Å². The zero-order chi connectivity index (χ0) is 30.8. The standard InChI is InChI=1S/C32H37F3N6O3/c1-39-12-2-5-26(39)31(42)40-13-8-21(9-14-40)11-17-44-27-7-6-22(18-25(27)32(33,34)35)29-24-10-15-41(20-23-4-3-16-43-23)30(24)38-28(19-36)37-29/h6-7,10,15,18,21,23,26H,2-5,8-9,11-14,16-17,20H2,1H3/t23?,26-/m1/s1. The SMILES string of the molecule is CN1CCC[C@@H]1C(=O)N1CCC(CCOc2ccc(-c3nc(C#N)nc4c3ccn4CC3CCCO3)cc2C(F)(F)F)CC1. The Bertz CT molecular complexity index is 1540. The highest BCUT2D eigenvalue weighted by atomic mass is 19.4. The van der Waals surface area contributed by atoms with Crippen molar-refractivity contribution in [3.8, 4) is 23.1 Å². The summed E-state index contributed by atoms with van der Waals surface area (Å²) < 4.78 is 56.1. The van der Waals surface area contributed by atoms with Gasteiger partial charge >= 0.3 is 6.18 Å². The number of carbonyl (C=O) groups is 1. The second kappa shape index (κ2) is 12.7. The largest absolute Gasteiger partial charge is 0.493 e. The molecule has 3 fully saturated rings. The predicted molar refractivity (Wildman–Crippen MR) is 157 cm³/mol. The number of aromatic nitrogens is 3. The van der Waals surface area contributed by atoms with Gasteiger partial charge in [0.25, 0.3) is 0 Å². The van der Waals surface area contributed by atoms with E-state index in [0.29, 0.717) is 43.7 Å². The number of carbonyl (C=O) groups excluding carboxylic acids is 1. The molecule has 12 heteroatoms. The lowest BCUT2D eigenvalue weighted by Crippen LogP contribution is -2.47. The molecular formula is C32H37F3N6O3. The van der Waals surface area contributed by atoms with E-state index in [1.807, 2.05) is 22.6 Å². The molecule has 0 aliphatic carbocycles. The van der Waals surface area contributed by atoms with Crippen LogP contribution < -0.4 is 4.74 Å². The third-order valence-electron chi connectivity index (χ3n) is 9.22. The Hall–Kier alpha value is -3.69. The van der Waals surface area contributed by atoms with Gasteiger partial charge in [-0.05, 0) is 88.7 Å². The zero-order valence-corrected chi connectivity index (χ0v) is 24.9. The van der Waals surface area contributed by atoms with E-state index in [4.69, 9.17) is 9.47 Å². The summed E-state index contributed by atoms with van der Waals surface area (Å²) in [6.45, 7) is 3.67. The summed E-state index contributed by atoms with van der Waals surface area (Å²) in [7, 11) is 1.99.